The average Bonchev–Trinajstić information content (AvgIpc) is 2.50. The molecule has 3 rings (SSSR count). The molecule has 0 bridgehead atoms. The number of aromatic amines is 2. The van der Waals surface area contributed by atoms with Gasteiger partial charge in [0.15, 0.2) is 10.3 Å². The summed E-state index contributed by atoms with van der Waals surface area (Å²) in [6.45, 7) is 0. The Hall–Kier alpha value is -1.02. The average molecular weight is 303 g/mol. The number of rotatable bonds is 1. The van der Waals surface area contributed by atoms with Gasteiger partial charge in [0.05, 0.1) is 6.04 Å². The van der Waals surface area contributed by atoms with Gasteiger partial charge >= 0.3 is 0 Å². The summed E-state index contributed by atoms with van der Waals surface area (Å²) < 4.78 is 2.33. The fourth-order valence-corrected chi connectivity index (χ4v) is 3.11. The van der Waals surface area contributed by atoms with Gasteiger partial charge in [-0.05, 0) is 15.9 Å². The first kappa shape index (κ1) is 10.2. The number of imidazole rings is 1. The molecular formula is C8H7BrN4O2S. The van der Waals surface area contributed by atoms with E-state index in [9.17, 15) is 9.59 Å². The van der Waals surface area contributed by atoms with E-state index in [1.807, 2.05) is 0 Å². The summed E-state index contributed by atoms with van der Waals surface area (Å²) >= 11 is 5.09. The maximum Gasteiger partial charge on any atom is 0.290 e. The Morgan fingerprint density at radius 1 is 1.31 bits per heavy atom. The van der Waals surface area contributed by atoms with Crippen LogP contribution < -0.4 is 11.1 Å². The number of nitrogens with zero attached hydrogens (tertiary/aromatic N) is 2. The molecule has 2 N–H and O–H groups in total. The van der Waals surface area contributed by atoms with Crippen molar-refractivity contribution in [2.24, 2.45) is 0 Å². The SMILES string of the molecule is O=c1[nH][nH]c(=O)c2c1nc(Br)n2C1CSC1. The van der Waals surface area contributed by atoms with Crippen LogP contribution in [-0.4, -0.2) is 31.3 Å². The second-order valence-corrected chi connectivity index (χ2v) is 5.33. The van der Waals surface area contributed by atoms with E-state index in [-0.39, 0.29) is 22.7 Å². The molecule has 0 atom stereocenters. The third-order valence-electron chi connectivity index (χ3n) is 2.57. The predicted octanol–water partition coefficient (Wildman–Crippen LogP) is 0.463. The van der Waals surface area contributed by atoms with Crippen LogP contribution in [-0.2, 0) is 0 Å². The Kier molecular flexibility index (Phi) is 2.21. The molecule has 0 spiro atoms. The maximum absolute atomic E-state index is 11.7. The molecular weight excluding hydrogens is 296 g/mol. The lowest BCUT2D eigenvalue weighted by molar-refractivity contribution is 0.594. The number of fused-ring (bicyclic) bond motifs is 1. The van der Waals surface area contributed by atoms with Crippen molar-refractivity contribution in [2.75, 3.05) is 11.5 Å². The molecule has 0 saturated carbocycles. The smallest absolute Gasteiger partial charge is 0.290 e. The van der Waals surface area contributed by atoms with Crippen LogP contribution in [0.4, 0.5) is 0 Å². The maximum atomic E-state index is 11.7. The predicted molar refractivity (Wildman–Crippen MR) is 65.0 cm³/mol. The number of thioether (sulfide) groups is 1. The zero-order valence-corrected chi connectivity index (χ0v) is 10.4. The van der Waals surface area contributed by atoms with E-state index < -0.39 is 0 Å². The monoisotopic (exact) mass is 302 g/mol. The Morgan fingerprint density at radius 3 is 2.62 bits per heavy atom. The van der Waals surface area contributed by atoms with Gasteiger partial charge in [-0.3, -0.25) is 19.8 Å². The highest BCUT2D eigenvalue weighted by molar-refractivity contribution is 9.10. The molecule has 1 aliphatic rings. The molecule has 0 aromatic carbocycles. The van der Waals surface area contributed by atoms with Crippen molar-refractivity contribution in [1.82, 2.24) is 19.7 Å². The van der Waals surface area contributed by atoms with Crippen LogP contribution in [0.2, 0.25) is 0 Å². The van der Waals surface area contributed by atoms with Gasteiger partial charge in [0.1, 0.15) is 5.52 Å². The van der Waals surface area contributed by atoms with Crippen LogP contribution in [0.25, 0.3) is 11.0 Å². The zero-order valence-electron chi connectivity index (χ0n) is 7.99. The quantitative estimate of drug-likeness (QED) is 0.802. The van der Waals surface area contributed by atoms with E-state index in [0.29, 0.717) is 10.3 Å². The first-order valence-corrected chi connectivity index (χ1v) is 6.59. The standard InChI is InChI=1S/C8H7BrN4O2S/c9-8-10-4-5(7(15)12-11-6(4)14)13(8)3-1-16-2-3/h3H,1-2H2,(H,11,14)(H,12,15). The highest BCUT2D eigenvalue weighted by Gasteiger charge is 2.26. The van der Waals surface area contributed by atoms with Crippen LogP contribution in [0.5, 0.6) is 0 Å². The minimum absolute atomic E-state index is 0.188. The van der Waals surface area contributed by atoms with Crippen LogP contribution >= 0.6 is 27.7 Å². The second kappa shape index (κ2) is 3.49. The number of H-pyrrole nitrogens is 2. The van der Waals surface area contributed by atoms with Crippen molar-refractivity contribution in [3.8, 4) is 0 Å². The molecule has 0 radical (unpaired) electrons. The lowest BCUT2D eigenvalue weighted by Crippen LogP contribution is -2.27. The lowest BCUT2D eigenvalue weighted by Gasteiger charge is -2.27. The Balaban J connectivity index is 2.43. The lowest BCUT2D eigenvalue weighted by atomic mass is 10.3. The highest BCUT2D eigenvalue weighted by Crippen LogP contribution is 2.33. The fourth-order valence-electron chi connectivity index (χ4n) is 1.72. The second-order valence-electron chi connectivity index (χ2n) is 3.55. The highest BCUT2D eigenvalue weighted by atomic mass is 79.9. The molecule has 0 unspecified atom stereocenters. The summed E-state index contributed by atoms with van der Waals surface area (Å²) in [5.74, 6) is 1.88. The van der Waals surface area contributed by atoms with E-state index in [1.54, 1.807) is 16.3 Å². The van der Waals surface area contributed by atoms with Gasteiger partial charge in [-0.2, -0.15) is 11.8 Å². The third kappa shape index (κ3) is 1.29. The van der Waals surface area contributed by atoms with Gasteiger partial charge in [-0.15, -0.1) is 0 Å². The molecule has 84 valence electrons. The number of hydrogen-bond donors (Lipinski definition) is 2. The molecule has 1 aliphatic heterocycles. The number of nitrogens with one attached hydrogen (secondary N) is 2. The molecule has 0 amide bonds. The molecule has 2 aromatic heterocycles. The first-order valence-electron chi connectivity index (χ1n) is 4.64. The molecule has 2 aromatic rings. The summed E-state index contributed by atoms with van der Waals surface area (Å²) in [6, 6.07) is 0.243. The number of aromatic nitrogens is 4. The van der Waals surface area contributed by atoms with Crippen molar-refractivity contribution in [2.45, 2.75) is 6.04 Å². The molecule has 6 nitrogen and oxygen atoms in total. The molecule has 1 fully saturated rings. The van der Waals surface area contributed by atoms with Crippen LogP contribution in [0.15, 0.2) is 14.3 Å². The molecule has 3 heterocycles. The van der Waals surface area contributed by atoms with E-state index in [2.05, 4.69) is 31.1 Å². The fraction of sp³-hybridized carbons (Fsp3) is 0.375. The molecule has 0 aliphatic carbocycles. The van der Waals surface area contributed by atoms with Crippen LogP contribution in [0.3, 0.4) is 0 Å². The largest absolute Gasteiger partial charge is 0.309 e. The normalized spacial score (nSPS) is 16.6. The summed E-state index contributed by atoms with van der Waals surface area (Å²) in [7, 11) is 0. The Labute approximate surface area is 102 Å². The zero-order chi connectivity index (χ0) is 11.3. The summed E-state index contributed by atoms with van der Waals surface area (Å²) in [6.07, 6.45) is 0. The van der Waals surface area contributed by atoms with Gasteiger partial charge in [-0.1, -0.05) is 0 Å². The third-order valence-corrected chi connectivity index (χ3v) is 4.37. The Bertz CT molecular complexity index is 669. The van der Waals surface area contributed by atoms with Crippen molar-refractivity contribution in [3.63, 3.8) is 0 Å². The van der Waals surface area contributed by atoms with Crippen molar-refractivity contribution in [1.29, 1.82) is 0 Å². The molecule has 16 heavy (non-hydrogen) atoms. The van der Waals surface area contributed by atoms with Gasteiger partial charge in [0.2, 0.25) is 0 Å². The van der Waals surface area contributed by atoms with E-state index in [0.717, 1.165) is 11.5 Å². The molecule has 8 heteroatoms. The van der Waals surface area contributed by atoms with E-state index in [4.69, 9.17) is 0 Å². The number of hydrogen-bond acceptors (Lipinski definition) is 4. The first-order chi connectivity index (χ1) is 7.68. The van der Waals surface area contributed by atoms with Gasteiger partial charge in [0, 0.05) is 11.5 Å². The van der Waals surface area contributed by atoms with Gasteiger partial charge < -0.3 is 4.57 Å². The van der Waals surface area contributed by atoms with E-state index >= 15 is 0 Å². The summed E-state index contributed by atoms with van der Waals surface area (Å²) in [5, 5.41) is 4.58. The van der Waals surface area contributed by atoms with Crippen molar-refractivity contribution >= 4 is 38.7 Å². The van der Waals surface area contributed by atoms with Gasteiger partial charge in [0.25, 0.3) is 11.1 Å². The van der Waals surface area contributed by atoms with Crippen molar-refractivity contribution in [3.05, 3.63) is 25.4 Å². The molecule has 1 saturated heterocycles. The van der Waals surface area contributed by atoms with Crippen LogP contribution in [0, 0.1) is 0 Å². The Morgan fingerprint density at radius 2 is 2.00 bits per heavy atom. The van der Waals surface area contributed by atoms with Gasteiger partial charge in [-0.25, -0.2) is 4.98 Å². The topological polar surface area (TPSA) is 83.5 Å². The minimum Gasteiger partial charge on any atom is -0.309 e. The minimum atomic E-state index is -0.374. The summed E-state index contributed by atoms with van der Waals surface area (Å²) in [4.78, 5) is 27.3. The summed E-state index contributed by atoms with van der Waals surface area (Å²) in [5.41, 5.74) is -0.154. The van der Waals surface area contributed by atoms with Crippen molar-refractivity contribution < 1.29 is 0 Å². The number of halogens is 1. The van der Waals surface area contributed by atoms with Crippen LogP contribution in [0.1, 0.15) is 6.04 Å². The van der Waals surface area contributed by atoms with E-state index in [1.165, 1.54) is 0 Å².